The lowest BCUT2D eigenvalue weighted by Crippen LogP contribution is -2.41. The average molecular weight is 693 g/mol. The number of methoxy groups -OCH3 is 1. The molecule has 0 saturated heterocycles. The van der Waals surface area contributed by atoms with Gasteiger partial charge in [0.15, 0.2) is 8.32 Å². The van der Waals surface area contributed by atoms with Crippen LogP contribution in [0.5, 0.6) is 0 Å². The average Bonchev–Trinajstić information content (AvgIpc) is 3.50. The molecule has 4 rings (SSSR count). The van der Waals surface area contributed by atoms with E-state index in [2.05, 4.69) is 54.9 Å². The molecule has 0 unspecified atom stereocenters. The maximum atomic E-state index is 13.2. The Bertz CT molecular complexity index is 1630. The van der Waals surface area contributed by atoms with Gasteiger partial charge in [-0.1, -0.05) is 38.4 Å². The first kappa shape index (κ1) is 33.4. The number of carbonyl (C=O) groups excluding carboxylic acids is 1. The molecule has 0 bridgehead atoms. The number of ether oxygens (including phenoxy) is 2. The number of hydrogen-bond donors (Lipinski definition) is 0. The van der Waals surface area contributed by atoms with E-state index in [1.54, 1.807) is 4.68 Å². The highest BCUT2D eigenvalue weighted by molar-refractivity contribution is 9.10. The van der Waals surface area contributed by atoms with Gasteiger partial charge in [-0.2, -0.15) is 10.2 Å². The molecule has 0 aliphatic carbocycles. The summed E-state index contributed by atoms with van der Waals surface area (Å²) in [6, 6.07) is 5.83. The Labute approximate surface area is 268 Å². The number of esters is 1. The van der Waals surface area contributed by atoms with Crippen LogP contribution in [-0.2, 0) is 54.7 Å². The smallest absolute Gasteiger partial charge is 0.354 e. The van der Waals surface area contributed by atoms with Gasteiger partial charge in [-0.25, -0.2) is 4.79 Å². The highest BCUT2D eigenvalue weighted by atomic mass is 79.9. The van der Waals surface area contributed by atoms with Gasteiger partial charge in [0.25, 0.3) is 0 Å². The van der Waals surface area contributed by atoms with Gasteiger partial charge in [0.2, 0.25) is 0 Å². The minimum absolute atomic E-state index is 0.132. The maximum absolute atomic E-state index is 13.2. The van der Waals surface area contributed by atoms with E-state index in [1.165, 1.54) is 7.11 Å². The number of aromatic nitrogens is 5. The van der Waals surface area contributed by atoms with Crippen LogP contribution in [0.15, 0.2) is 22.8 Å². The molecule has 12 heteroatoms. The summed E-state index contributed by atoms with van der Waals surface area (Å²) in [4.78, 5) is 13.2. The molecule has 0 N–H and O–H groups in total. The van der Waals surface area contributed by atoms with Crippen LogP contribution in [0.1, 0.15) is 60.3 Å². The highest BCUT2D eigenvalue weighted by Crippen LogP contribution is 2.42. The molecule has 43 heavy (non-hydrogen) atoms. The molecular formula is C31H43BrClN5O4Si. The second-order valence-electron chi connectivity index (χ2n) is 12.5. The van der Waals surface area contributed by atoms with E-state index >= 15 is 0 Å². The van der Waals surface area contributed by atoms with Crippen LogP contribution in [0.4, 0.5) is 0 Å². The zero-order valence-electron chi connectivity index (χ0n) is 26.9. The lowest BCUT2D eigenvalue weighted by Gasteiger charge is -2.36. The molecule has 9 nitrogen and oxygen atoms in total. The summed E-state index contributed by atoms with van der Waals surface area (Å²) in [7, 11) is 5.20. The van der Waals surface area contributed by atoms with Gasteiger partial charge >= 0.3 is 5.97 Å². The molecule has 0 amide bonds. The number of nitrogens with zero attached hydrogens (tertiary/aromatic N) is 5. The molecule has 3 aromatic heterocycles. The second kappa shape index (κ2) is 12.9. The van der Waals surface area contributed by atoms with E-state index in [9.17, 15) is 4.79 Å². The minimum atomic E-state index is -1.88. The standard InChI is InChI=1S/C31H43BrClN5O4Si/c1-19-26(24(35-37(19)6)18-41-17-20-16-25(32)38(7)34-20)27-23(33)14-13-22-21(29(30(39)40-8)36(5)28(22)27)12-11-15-42-43(9,10)31(2,3)4/h13-14,16H,11-12,15,17-18H2,1-10H3. The van der Waals surface area contributed by atoms with E-state index in [0.717, 1.165) is 55.7 Å². The van der Waals surface area contributed by atoms with Crippen molar-refractivity contribution in [1.82, 2.24) is 24.1 Å². The van der Waals surface area contributed by atoms with Crippen molar-refractivity contribution in [1.29, 1.82) is 0 Å². The molecule has 0 aliphatic heterocycles. The minimum Gasteiger partial charge on any atom is -0.464 e. The first-order valence-corrected chi connectivity index (χ1v) is 18.5. The largest absolute Gasteiger partial charge is 0.464 e. The monoisotopic (exact) mass is 691 g/mol. The molecule has 0 aliphatic rings. The van der Waals surface area contributed by atoms with Crippen molar-refractivity contribution in [2.75, 3.05) is 13.7 Å². The molecule has 3 heterocycles. The summed E-state index contributed by atoms with van der Waals surface area (Å²) in [6.45, 7) is 14.5. The lowest BCUT2D eigenvalue weighted by atomic mass is 9.98. The van der Waals surface area contributed by atoms with E-state index in [1.807, 2.05) is 55.5 Å². The van der Waals surface area contributed by atoms with Crippen molar-refractivity contribution in [3.63, 3.8) is 0 Å². The Hall–Kier alpha value is -2.44. The molecule has 0 atom stereocenters. The first-order valence-electron chi connectivity index (χ1n) is 14.4. The van der Waals surface area contributed by atoms with E-state index in [-0.39, 0.29) is 17.6 Å². The van der Waals surface area contributed by atoms with Gasteiger partial charge in [-0.3, -0.25) is 9.36 Å². The number of benzene rings is 1. The molecule has 0 saturated carbocycles. The van der Waals surface area contributed by atoms with Crippen molar-refractivity contribution >= 4 is 52.7 Å². The van der Waals surface area contributed by atoms with Crippen molar-refractivity contribution in [3.8, 4) is 11.1 Å². The zero-order valence-corrected chi connectivity index (χ0v) is 30.2. The molecule has 0 fully saturated rings. The van der Waals surface area contributed by atoms with Crippen molar-refractivity contribution in [2.45, 2.75) is 71.9 Å². The first-order chi connectivity index (χ1) is 20.1. The van der Waals surface area contributed by atoms with E-state index in [4.69, 9.17) is 30.6 Å². The Balaban J connectivity index is 1.74. The molecule has 234 valence electrons. The normalized spacial score (nSPS) is 12.5. The number of aryl methyl sites for hydroxylation is 4. The number of hydrogen-bond acceptors (Lipinski definition) is 6. The lowest BCUT2D eigenvalue weighted by molar-refractivity contribution is 0.0589. The topological polar surface area (TPSA) is 85.3 Å². The van der Waals surface area contributed by atoms with Crippen molar-refractivity contribution in [2.24, 2.45) is 21.1 Å². The third kappa shape index (κ3) is 6.66. The summed E-state index contributed by atoms with van der Waals surface area (Å²) < 4.78 is 24.2. The number of fused-ring (bicyclic) bond motifs is 1. The van der Waals surface area contributed by atoms with E-state index in [0.29, 0.717) is 30.4 Å². The van der Waals surface area contributed by atoms with Crippen LogP contribution in [0.25, 0.3) is 22.0 Å². The van der Waals surface area contributed by atoms with Gasteiger partial charge in [-0.15, -0.1) is 0 Å². The van der Waals surface area contributed by atoms with Gasteiger partial charge in [0.05, 0.1) is 42.3 Å². The number of halogens is 2. The third-order valence-corrected chi connectivity index (χ3v) is 14.2. The maximum Gasteiger partial charge on any atom is 0.354 e. The summed E-state index contributed by atoms with van der Waals surface area (Å²) in [5, 5.41) is 10.9. The Morgan fingerprint density at radius 3 is 2.37 bits per heavy atom. The fourth-order valence-electron chi connectivity index (χ4n) is 5.17. The predicted octanol–water partition coefficient (Wildman–Crippen LogP) is 7.49. The SMILES string of the molecule is COC(=O)c1c(CCCO[Si](C)(C)C(C)(C)C)c2ccc(Cl)c(-c3c(COCc4cc(Br)n(C)n4)nn(C)c3C)c2n1C. The van der Waals surface area contributed by atoms with Crippen LogP contribution in [0.2, 0.25) is 23.2 Å². The molecule has 1 aromatic carbocycles. The fraction of sp³-hybridized carbons (Fsp3) is 0.516. The summed E-state index contributed by atoms with van der Waals surface area (Å²) in [6.07, 6.45) is 1.45. The van der Waals surface area contributed by atoms with Crippen molar-refractivity contribution < 1.29 is 18.7 Å². The summed E-state index contributed by atoms with van der Waals surface area (Å²) in [5.74, 6) is -0.380. The Kier molecular flexibility index (Phi) is 10.0. The molecular weight excluding hydrogens is 650 g/mol. The van der Waals surface area contributed by atoms with Crippen LogP contribution in [0.3, 0.4) is 0 Å². The molecule has 0 spiro atoms. The van der Waals surface area contributed by atoms with Crippen LogP contribution in [-0.4, -0.2) is 52.1 Å². The van der Waals surface area contributed by atoms with Crippen LogP contribution < -0.4 is 0 Å². The molecule has 4 aromatic rings. The van der Waals surface area contributed by atoms with E-state index < -0.39 is 8.32 Å². The fourth-order valence-corrected chi connectivity index (χ4v) is 6.84. The summed E-state index contributed by atoms with van der Waals surface area (Å²) >= 11 is 10.4. The summed E-state index contributed by atoms with van der Waals surface area (Å²) in [5.41, 5.74) is 6.55. The van der Waals surface area contributed by atoms with Gasteiger partial charge < -0.3 is 18.5 Å². The Morgan fingerprint density at radius 1 is 1.07 bits per heavy atom. The van der Waals surface area contributed by atoms with Crippen molar-refractivity contribution in [3.05, 3.63) is 56.2 Å². The van der Waals surface area contributed by atoms with Gasteiger partial charge in [0.1, 0.15) is 10.3 Å². The van der Waals surface area contributed by atoms with Gasteiger partial charge in [0, 0.05) is 50.0 Å². The number of carbonyl (C=O) groups is 1. The van der Waals surface area contributed by atoms with Crippen LogP contribution in [0, 0.1) is 6.92 Å². The molecule has 0 radical (unpaired) electrons. The second-order valence-corrected chi connectivity index (χ2v) is 18.5. The highest BCUT2D eigenvalue weighted by Gasteiger charge is 2.37. The number of rotatable bonds is 11. The third-order valence-electron chi connectivity index (χ3n) is 8.65. The van der Waals surface area contributed by atoms with Gasteiger partial charge in [-0.05, 0) is 71.5 Å². The zero-order chi connectivity index (χ0) is 31.9. The Morgan fingerprint density at radius 2 is 1.77 bits per heavy atom. The van der Waals surface area contributed by atoms with Crippen LogP contribution >= 0.6 is 27.5 Å². The quantitative estimate of drug-likeness (QED) is 0.0920. The predicted molar refractivity (Wildman–Crippen MR) is 177 cm³/mol.